The van der Waals surface area contributed by atoms with Gasteiger partial charge in [0.05, 0.1) is 5.39 Å². The fourth-order valence-corrected chi connectivity index (χ4v) is 3.54. The third-order valence-corrected chi connectivity index (χ3v) is 5.05. The van der Waals surface area contributed by atoms with Gasteiger partial charge in [-0.2, -0.15) is 0 Å². The Kier molecular flexibility index (Phi) is 5.75. The Morgan fingerprint density at radius 2 is 1.77 bits per heavy atom. The van der Waals surface area contributed by atoms with Crippen molar-refractivity contribution in [2.24, 2.45) is 0 Å². The van der Waals surface area contributed by atoms with Gasteiger partial charge in [0.15, 0.2) is 0 Å². The molecule has 7 nitrogen and oxygen atoms in total. The Balaban J connectivity index is 1.69. The molecule has 1 amide bonds. The Morgan fingerprint density at radius 1 is 0.968 bits per heavy atom. The van der Waals surface area contributed by atoms with Gasteiger partial charge in [-0.1, -0.05) is 42.5 Å². The fourth-order valence-electron chi connectivity index (χ4n) is 3.54. The number of pyridine rings is 1. The van der Waals surface area contributed by atoms with Crippen LogP contribution >= 0.6 is 0 Å². The molecule has 7 heteroatoms. The van der Waals surface area contributed by atoms with Crippen molar-refractivity contribution in [3.8, 4) is 0 Å². The van der Waals surface area contributed by atoms with Crippen molar-refractivity contribution in [3.05, 3.63) is 105 Å². The lowest BCUT2D eigenvalue weighted by Gasteiger charge is -2.13. The molecule has 2 aromatic carbocycles. The van der Waals surface area contributed by atoms with Crippen LogP contribution in [0.25, 0.3) is 11.0 Å². The summed E-state index contributed by atoms with van der Waals surface area (Å²) in [5.74, 6) is -0.368. The molecule has 0 spiro atoms. The Morgan fingerprint density at radius 3 is 2.55 bits per heavy atom. The molecule has 0 atom stereocenters. The lowest BCUT2D eigenvalue weighted by atomic mass is 10.1. The van der Waals surface area contributed by atoms with Crippen molar-refractivity contribution in [1.82, 2.24) is 14.1 Å². The number of aryl methyl sites for hydroxylation is 2. The first-order chi connectivity index (χ1) is 15.0. The molecule has 4 rings (SSSR count). The van der Waals surface area contributed by atoms with E-state index in [1.807, 2.05) is 55.5 Å². The minimum atomic E-state index is -0.550. The highest BCUT2D eigenvalue weighted by Crippen LogP contribution is 2.10. The highest BCUT2D eigenvalue weighted by atomic mass is 16.2. The molecule has 2 aromatic heterocycles. The van der Waals surface area contributed by atoms with Gasteiger partial charge in [0.2, 0.25) is 5.91 Å². The molecule has 1 N–H and O–H groups in total. The molecule has 0 saturated heterocycles. The third-order valence-electron chi connectivity index (χ3n) is 5.05. The van der Waals surface area contributed by atoms with E-state index in [9.17, 15) is 14.4 Å². The van der Waals surface area contributed by atoms with Crippen LogP contribution in [0, 0.1) is 6.92 Å². The quantitative estimate of drug-likeness (QED) is 0.526. The summed E-state index contributed by atoms with van der Waals surface area (Å²) in [6, 6.07) is 20.3. The zero-order chi connectivity index (χ0) is 21.8. The average molecular weight is 414 g/mol. The number of hydrogen-bond acceptors (Lipinski definition) is 4. The summed E-state index contributed by atoms with van der Waals surface area (Å²) < 4.78 is 2.43. The monoisotopic (exact) mass is 414 g/mol. The van der Waals surface area contributed by atoms with Gasteiger partial charge in [0, 0.05) is 18.4 Å². The molecular weight excluding hydrogens is 392 g/mol. The van der Waals surface area contributed by atoms with Crippen LogP contribution in [0.4, 0.5) is 5.69 Å². The number of amides is 1. The van der Waals surface area contributed by atoms with E-state index in [2.05, 4.69) is 10.3 Å². The van der Waals surface area contributed by atoms with Gasteiger partial charge in [-0.05, 0) is 48.7 Å². The summed E-state index contributed by atoms with van der Waals surface area (Å²) in [5, 5.41) is 3.11. The number of carbonyl (C=O) groups is 1. The van der Waals surface area contributed by atoms with E-state index in [0.29, 0.717) is 17.5 Å². The third kappa shape index (κ3) is 4.45. The van der Waals surface area contributed by atoms with Crippen molar-refractivity contribution in [2.45, 2.75) is 26.4 Å². The SMILES string of the molecule is Cc1cccc(NC(=O)Cn2c(=O)n(CCc3ccccc3)c(=O)c3cccnc32)c1. The van der Waals surface area contributed by atoms with Crippen LogP contribution < -0.4 is 16.6 Å². The van der Waals surface area contributed by atoms with E-state index >= 15 is 0 Å². The van der Waals surface area contributed by atoms with Crippen molar-refractivity contribution < 1.29 is 4.79 Å². The first kappa shape index (κ1) is 20.3. The van der Waals surface area contributed by atoms with Gasteiger partial charge in [-0.3, -0.25) is 18.7 Å². The molecular formula is C24H22N4O3. The minimum absolute atomic E-state index is 0.202. The van der Waals surface area contributed by atoms with Crippen LogP contribution in [0.1, 0.15) is 11.1 Å². The van der Waals surface area contributed by atoms with Gasteiger partial charge in [0.25, 0.3) is 5.56 Å². The maximum Gasteiger partial charge on any atom is 0.333 e. The van der Waals surface area contributed by atoms with Crippen molar-refractivity contribution in [3.63, 3.8) is 0 Å². The Hall–Kier alpha value is -4.00. The summed E-state index contributed by atoms with van der Waals surface area (Å²) in [6.45, 7) is 1.90. The van der Waals surface area contributed by atoms with Gasteiger partial charge in [-0.15, -0.1) is 0 Å². The summed E-state index contributed by atoms with van der Waals surface area (Å²) in [5.41, 5.74) is 1.92. The average Bonchev–Trinajstić information content (AvgIpc) is 2.77. The number of aromatic nitrogens is 3. The highest BCUT2D eigenvalue weighted by Gasteiger charge is 2.16. The highest BCUT2D eigenvalue weighted by molar-refractivity contribution is 5.91. The Labute approximate surface area is 178 Å². The predicted octanol–water partition coefficient (Wildman–Crippen LogP) is 2.75. The first-order valence-corrected chi connectivity index (χ1v) is 10.0. The summed E-state index contributed by atoms with van der Waals surface area (Å²) in [4.78, 5) is 43.0. The number of nitrogens with zero attached hydrogens (tertiary/aromatic N) is 3. The number of carbonyl (C=O) groups excluding carboxylic acids is 1. The molecule has 0 aliphatic rings. The molecule has 0 fully saturated rings. The lowest BCUT2D eigenvalue weighted by Crippen LogP contribution is -2.42. The van der Waals surface area contributed by atoms with E-state index in [1.54, 1.807) is 18.2 Å². The summed E-state index contributed by atoms with van der Waals surface area (Å²) in [6.07, 6.45) is 2.03. The lowest BCUT2D eigenvalue weighted by molar-refractivity contribution is -0.116. The number of hydrogen-bond donors (Lipinski definition) is 1. The van der Waals surface area contributed by atoms with Crippen LogP contribution in [-0.4, -0.2) is 20.0 Å². The number of nitrogens with one attached hydrogen (secondary N) is 1. The van der Waals surface area contributed by atoms with E-state index in [1.165, 1.54) is 15.3 Å². The fraction of sp³-hybridized carbons (Fsp3) is 0.167. The molecule has 0 saturated carbocycles. The Bertz CT molecular complexity index is 1360. The van der Waals surface area contributed by atoms with Crippen molar-refractivity contribution in [2.75, 3.05) is 5.32 Å². The summed E-state index contributed by atoms with van der Waals surface area (Å²) in [7, 11) is 0. The van der Waals surface area contributed by atoms with Gasteiger partial charge in [0.1, 0.15) is 12.2 Å². The minimum Gasteiger partial charge on any atom is -0.325 e. The van der Waals surface area contributed by atoms with Crippen LogP contribution in [-0.2, 0) is 24.3 Å². The second kappa shape index (κ2) is 8.79. The van der Waals surface area contributed by atoms with Crippen LogP contribution in [0.15, 0.2) is 82.5 Å². The summed E-state index contributed by atoms with van der Waals surface area (Å²) >= 11 is 0. The van der Waals surface area contributed by atoms with Crippen LogP contribution in [0.2, 0.25) is 0 Å². The van der Waals surface area contributed by atoms with Crippen molar-refractivity contribution >= 4 is 22.6 Å². The van der Waals surface area contributed by atoms with E-state index in [4.69, 9.17) is 0 Å². The number of anilines is 1. The van der Waals surface area contributed by atoms with E-state index < -0.39 is 11.2 Å². The number of rotatable bonds is 6. The molecule has 31 heavy (non-hydrogen) atoms. The number of fused-ring (bicyclic) bond motifs is 1. The van der Waals surface area contributed by atoms with Crippen LogP contribution in [0.3, 0.4) is 0 Å². The van der Waals surface area contributed by atoms with E-state index in [0.717, 1.165) is 11.1 Å². The molecule has 0 unspecified atom stereocenters. The molecule has 0 aliphatic carbocycles. The molecule has 156 valence electrons. The molecule has 2 heterocycles. The van der Waals surface area contributed by atoms with Gasteiger partial charge in [-0.25, -0.2) is 9.78 Å². The molecule has 0 aliphatic heterocycles. The first-order valence-electron chi connectivity index (χ1n) is 10.0. The van der Waals surface area contributed by atoms with Gasteiger partial charge < -0.3 is 5.32 Å². The second-order valence-corrected chi connectivity index (χ2v) is 7.35. The van der Waals surface area contributed by atoms with Gasteiger partial charge >= 0.3 is 5.69 Å². The normalized spacial score (nSPS) is 10.9. The zero-order valence-corrected chi connectivity index (χ0v) is 17.1. The van der Waals surface area contributed by atoms with Crippen LogP contribution in [0.5, 0.6) is 0 Å². The number of benzene rings is 2. The molecule has 0 radical (unpaired) electrons. The smallest absolute Gasteiger partial charge is 0.325 e. The largest absolute Gasteiger partial charge is 0.333 e. The predicted molar refractivity (Wildman–Crippen MR) is 120 cm³/mol. The zero-order valence-electron chi connectivity index (χ0n) is 17.1. The van der Waals surface area contributed by atoms with Crippen molar-refractivity contribution in [1.29, 1.82) is 0 Å². The topological polar surface area (TPSA) is 86.0 Å². The second-order valence-electron chi connectivity index (χ2n) is 7.35. The molecule has 4 aromatic rings. The maximum absolute atomic E-state index is 13.2. The molecule has 0 bridgehead atoms. The van der Waals surface area contributed by atoms with E-state index in [-0.39, 0.29) is 24.6 Å². The standard InChI is InChI=1S/C24H22N4O3/c1-17-7-5-10-19(15-17)26-21(29)16-28-22-20(11-6-13-25-22)23(30)27(24(28)31)14-12-18-8-3-2-4-9-18/h2-11,13,15H,12,14,16H2,1H3,(H,26,29). The maximum atomic E-state index is 13.2.